The second-order valence-corrected chi connectivity index (χ2v) is 7.37. The number of benzene rings is 3. The zero-order chi connectivity index (χ0) is 21.4. The van der Waals surface area contributed by atoms with Crippen LogP contribution < -0.4 is 4.74 Å². The predicted molar refractivity (Wildman–Crippen MR) is 114 cm³/mol. The van der Waals surface area contributed by atoms with E-state index in [1.807, 2.05) is 48.5 Å². The van der Waals surface area contributed by atoms with Crippen LogP contribution in [-0.2, 0) is 9.59 Å². The minimum Gasteiger partial charge on any atom is -0.439 e. The smallest absolute Gasteiger partial charge is 0.233 e. The molecule has 0 unspecified atom stereocenters. The molecule has 6 heteroatoms. The molecule has 5 nitrogen and oxygen atoms in total. The van der Waals surface area contributed by atoms with E-state index < -0.39 is 17.7 Å². The van der Waals surface area contributed by atoms with Crippen molar-refractivity contribution in [1.29, 1.82) is 5.26 Å². The molecule has 4 rings (SSSR count). The van der Waals surface area contributed by atoms with Gasteiger partial charge in [-0.15, -0.1) is 0 Å². The van der Waals surface area contributed by atoms with Gasteiger partial charge < -0.3 is 4.74 Å². The molecule has 1 heterocycles. The molecule has 0 fully saturated rings. The Kier molecular flexibility index (Phi) is 5.03. The Morgan fingerprint density at radius 1 is 1.00 bits per heavy atom. The molecule has 148 valence electrons. The molecule has 30 heavy (non-hydrogen) atoms. The number of nitrogens with zero attached hydrogens (tertiary/aromatic N) is 2. The summed E-state index contributed by atoms with van der Waals surface area (Å²) in [4.78, 5) is 25.4. The van der Waals surface area contributed by atoms with Crippen LogP contribution in [0.5, 0.6) is 5.75 Å². The van der Waals surface area contributed by atoms with Gasteiger partial charge in [-0.2, -0.15) is 5.26 Å². The van der Waals surface area contributed by atoms with Crippen LogP contribution in [0.15, 0.2) is 72.1 Å². The summed E-state index contributed by atoms with van der Waals surface area (Å²) in [5.41, 5.74) is 1.62. The number of allylic oxidation sites excluding steroid dienone is 1. The van der Waals surface area contributed by atoms with Gasteiger partial charge in [0.2, 0.25) is 17.7 Å². The Morgan fingerprint density at radius 2 is 1.67 bits per heavy atom. The highest BCUT2D eigenvalue weighted by atomic mass is 35.5. The summed E-state index contributed by atoms with van der Waals surface area (Å²) in [6.45, 7) is 2.51. The highest BCUT2D eigenvalue weighted by Gasteiger charge is 2.38. The van der Waals surface area contributed by atoms with Gasteiger partial charge in [0.15, 0.2) is 0 Å². The SMILES string of the molecule is CC(=O)N(C(C)=O)C1=C(C#N)[C@H](c2ccccc2Cl)c2c(ccc3ccccc23)O1. The predicted octanol–water partition coefficient (Wildman–Crippen LogP) is 5.15. The summed E-state index contributed by atoms with van der Waals surface area (Å²) < 4.78 is 6.02. The lowest BCUT2D eigenvalue weighted by molar-refractivity contribution is -0.141. The highest BCUT2D eigenvalue weighted by Crippen LogP contribution is 2.48. The summed E-state index contributed by atoms with van der Waals surface area (Å²) in [5.74, 6) is -1.28. The van der Waals surface area contributed by atoms with E-state index in [9.17, 15) is 14.9 Å². The molecule has 1 atom stereocenters. The molecule has 1 aliphatic rings. The molecule has 1 aliphatic heterocycles. The average molecular weight is 417 g/mol. The van der Waals surface area contributed by atoms with Crippen LogP contribution in [0.3, 0.4) is 0 Å². The van der Waals surface area contributed by atoms with Crippen LogP contribution in [0.4, 0.5) is 0 Å². The van der Waals surface area contributed by atoms with Crippen molar-refractivity contribution in [3.05, 3.63) is 88.3 Å². The number of hydrogen-bond donors (Lipinski definition) is 0. The van der Waals surface area contributed by atoms with Crippen LogP contribution >= 0.6 is 11.6 Å². The summed E-state index contributed by atoms with van der Waals surface area (Å²) in [6.07, 6.45) is 0. The third-order valence-corrected chi connectivity index (χ3v) is 5.46. The van der Waals surface area contributed by atoms with Gasteiger partial charge in [-0.3, -0.25) is 9.59 Å². The van der Waals surface area contributed by atoms with E-state index in [2.05, 4.69) is 6.07 Å². The lowest BCUT2D eigenvalue weighted by Gasteiger charge is -2.32. The Bertz CT molecular complexity index is 1260. The fraction of sp³-hybridized carbons (Fsp3) is 0.125. The first-order valence-electron chi connectivity index (χ1n) is 9.33. The number of nitriles is 1. The highest BCUT2D eigenvalue weighted by molar-refractivity contribution is 6.31. The molecule has 2 amide bonds. The van der Waals surface area contributed by atoms with Crippen molar-refractivity contribution in [3.8, 4) is 11.8 Å². The molecule has 0 N–H and O–H groups in total. The first-order valence-corrected chi connectivity index (χ1v) is 9.71. The molecule has 0 saturated carbocycles. The number of fused-ring (bicyclic) bond motifs is 3. The molecule has 3 aromatic rings. The third kappa shape index (κ3) is 3.12. The standard InChI is InChI=1S/C24H17ClN2O3/c1-14(28)27(15(2)29)24-19(13-26)22(18-9-5-6-10-20(18)25)23-17-8-4-3-7-16(17)11-12-21(23)30-24/h3-12,22H,1-2H3/t22-/m0/s1. The van der Waals surface area contributed by atoms with Crippen molar-refractivity contribution in [1.82, 2.24) is 4.90 Å². The average Bonchev–Trinajstić information content (AvgIpc) is 2.72. The number of carbonyl (C=O) groups excluding carboxylic acids is 2. The van der Waals surface area contributed by atoms with Crippen LogP contribution in [0.1, 0.15) is 30.9 Å². The van der Waals surface area contributed by atoms with E-state index in [1.54, 1.807) is 12.1 Å². The van der Waals surface area contributed by atoms with Gasteiger partial charge in [-0.25, -0.2) is 4.90 Å². The minimum absolute atomic E-state index is 0.0785. The third-order valence-electron chi connectivity index (χ3n) is 5.11. The number of carbonyl (C=O) groups is 2. The second kappa shape index (κ2) is 7.66. The fourth-order valence-electron chi connectivity index (χ4n) is 3.90. The van der Waals surface area contributed by atoms with Gasteiger partial charge in [-0.1, -0.05) is 60.1 Å². The molecule has 0 aromatic heterocycles. The molecule has 0 radical (unpaired) electrons. The van der Waals surface area contributed by atoms with Gasteiger partial charge in [0.05, 0.1) is 5.92 Å². The number of halogens is 1. The molecule has 0 spiro atoms. The molecular weight excluding hydrogens is 400 g/mol. The molecule has 3 aromatic carbocycles. The summed E-state index contributed by atoms with van der Waals surface area (Å²) in [7, 11) is 0. The first-order chi connectivity index (χ1) is 14.4. The van der Waals surface area contributed by atoms with E-state index in [0.29, 0.717) is 16.3 Å². The van der Waals surface area contributed by atoms with Gasteiger partial charge in [-0.05, 0) is 28.5 Å². The quantitative estimate of drug-likeness (QED) is 0.579. The summed E-state index contributed by atoms with van der Waals surface area (Å²) in [5, 5.41) is 12.5. The Labute approximate surface area is 178 Å². The molecule has 0 saturated heterocycles. The van der Waals surface area contributed by atoms with E-state index in [0.717, 1.165) is 21.2 Å². The van der Waals surface area contributed by atoms with Crippen molar-refractivity contribution < 1.29 is 14.3 Å². The Balaban J connectivity index is 2.10. The van der Waals surface area contributed by atoms with Gasteiger partial charge in [0.25, 0.3) is 0 Å². The van der Waals surface area contributed by atoms with Crippen LogP contribution in [0.2, 0.25) is 5.02 Å². The van der Waals surface area contributed by atoms with E-state index in [4.69, 9.17) is 16.3 Å². The number of imide groups is 1. The second-order valence-electron chi connectivity index (χ2n) is 6.96. The Morgan fingerprint density at radius 3 is 2.33 bits per heavy atom. The zero-order valence-electron chi connectivity index (χ0n) is 16.3. The zero-order valence-corrected chi connectivity index (χ0v) is 17.1. The van der Waals surface area contributed by atoms with Crippen LogP contribution in [0.25, 0.3) is 10.8 Å². The number of hydrogen-bond acceptors (Lipinski definition) is 4. The van der Waals surface area contributed by atoms with Gasteiger partial charge in [0.1, 0.15) is 17.4 Å². The number of rotatable bonds is 2. The van der Waals surface area contributed by atoms with E-state index in [1.165, 1.54) is 13.8 Å². The topological polar surface area (TPSA) is 70.4 Å². The summed E-state index contributed by atoms with van der Waals surface area (Å²) in [6, 6.07) is 20.9. The minimum atomic E-state index is -0.602. The van der Waals surface area contributed by atoms with Crippen molar-refractivity contribution in [3.63, 3.8) is 0 Å². The van der Waals surface area contributed by atoms with Crippen molar-refractivity contribution >= 4 is 34.2 Å². The maximum absolute atomic E-state index is 12.2. The summed E-state index contributed by atoms with van der Waals surface area (Å²) >= 11 is 6.53. The van der Waals surface area contributed by atoms with Crippen LogP contribution in [-0.4, -0.2) is 16.7 Å². The van der Waals surface area contributed by atoms with Crippen molar-refractivity contribution in [2.24, 2.45) is 0 Å². The Hall–Kier alpha value is -3.62. The van der Waals surface area contributed by atoms with Crippen molar-refractivity contribution in [2.75, 3.05) is 0 Å². The number of amides is 2. The van der Waals surface area contributed by atoms with Gasteiger partial charge >= 0.3 is 0 Å². The number of ether oxygens (including phenoxy) is 1. The fourth-order valence-corrected chi connectivity index (χ4v) is 4.14. The first kappa shape index (κ1) is 19.7. The van der Waals surface area contributed by atoms with Gasteiger partial charge in [0, 0.05) is 24.4 Å². The van der Waals surface area contributed by atoms with Crippen LogP contribution in [0, 0.1) is 11.3 Å². The van der Waals surface area contributed by atoms with E-state index in [-0.39, 0.29) is 11.5 Å². The molecule has 0 aliphatic carbocycles. The molecule has 0 bridgehead atoms. The normalized spacial score (nSPS) is 15.2. The lowest BCUT2D eigenvalue weighted by Crippen LogP contribution is -2.37. The monoisotopic (exact) mass is 416 g/mol. The largest absolute Gasteiger partial charge is 0.439 e. The molecular formula is C24H17ClN2O3. The van der Waals surface area contributed by atoms with Crippen molar-refractivity contribution in [2.45, 2.75) is 19.8 Å². The maximum atomic E-state index is 12.2. The lowest BCUT2D eigenvalue weighted by atomic mass is 9.81. The maximum Gasteiger partial charge on any atom is 0.233 e. The van der Waals surface area contributed by atoms with E-state index >= 15 is 0 Å².